The first-order valence-electron chi connectivity index (χ1n) is 8.06. The molecular formula is C20H21NO3. The van der Waals surface area contributed by atoms with Gasteiger partial charge in [-0.3, -0.25) is 4.79 Å². The Morgan fingerprint density at radius 3 is 2.08 bits per heavy atom. The van der Waals surface area contributed by atoms with Crippen LogP contribution in [0.5, 0.6) is 0 Å². The number of hydrogen-bond donors (Lipinski definition) is 2. The highest BCUT2D eigenvalue weighted by Crippen LogP contribution is 2.46. The van der Waals surface area contributed by atoms with Crippen molar-refractivity contribution in [1.82, 2.24) is 5.32 Å². The van der Waals surface area contributed by atoms with Crippen molar-refractivity contribution in [2.24, 2.45) is 0 Å². The van der Waals surface area contributed by atoms with Crippen molar-refractivity contribution in [3.63, 3.8) is 0 Å². The first-order valence-corrected chi connectivity index (χ1v) is 8.06. The SMILES string of the molecule is CC(=O)C1=C(NCCO)OC(c2ccccc2)(c2ccccc2)C1. The standard InChI is InChI=1S/C20H21NO3/c1-15(23)18-14-20(16-8-4-2-5-9-16,17-10-6-3-7-11-17)24-19(18)21-12-13-22/h2-11,21-22H,12-14H2,1H3. The van der Waals surface area contributed by atoms with Gasteiger partial charge in [0.1, 0.15) is 0 Å². The van der Waals surface area contributed by atoms with Gasteiger partial charge >= 0.3 is 0 Å². The molecule has 0 radical (unpaired) electrons. The minimum Gasteiger partial charge on any atom is -0.462 e. The van der Waals surface area contributed by atoms with Gasteiger partial charge in [0, 0.05) is 24.1 Å². The first kappa shape index (κ1) is 16.3. The molecule has 0 saturated heterocycles. The number of Topliss-reactive ketones (excluding diaryl/α,β-unsaturated/α-hetero) is 1. The number of aliphatic hydroxyl groups is 1. The summed E-state index contributed by atoms with van der Waals surface area (Å²) in [4.78, 5) is 12.1. The molecule has 0 aromatic heterocycles. The molecule has 2 aromatic carbocycles. The third-order valence-electron chi connectivity index (χ3n) is 4.28. The van der Waals surface area contributed by atoms with Crippen LogP contribution in [0.25, 0.3) is 0 Å². The molecule has 3 rings (SSSR count). The molecule has 0 spiro atoms. The molecule has 4 nitrogen and oxygen atoms in total. The molecule has 24 heavy (non-hydrogen) atoms. The van der Waals surface area contributed by atoms with E-state index in [1.165, 1.54) is 0 Å². The number of ketones is 1. The van der Waals surface area contributed by atoms with Gasteiger partial charge in [-0.1, -0.05) is 60.7 Å². The number of aliphatic hydroxyl groups excluding tert-OH is 1. The third-order valence-corrected chi connectivity index (χ3v) is 4.28. The highest BCUT2D eigenvalue weighted by atomic mass is 16.5. The molecule has 0 amide bonds. The number of carbonyl (C=O) groups excluding carboxylic acids is 1. The van der Waals surface area contributed by atoms with E-state index in [4.69, 9.17) is 9.84 Å². The Bertz CT molecular complexity index is 698. The highest BCUT2D eigenvalue weighted by Gasteiger charge is 2.45. The summed E-state index contributed by atoms with van der Waals surface area (Å²) in [6.45, 7) is 1.86. The Morgan fingerprint density at radius 1 is 1.08 bits per heavy atom. The van der Waals surface area contributed by atoms with Crippen molar-refractivity contribution in [3.05, 3.63) is 83.2 Å². The Morgan fingerprint density at radius 2 is 1.62 bits per heavy atom. The molecule has 0 atom stereocenters. The number of nitrogens with one attached hydrogen (secondary N) is 1. The van der Waals surface area contributed by atoms with E-state index in [9.17, 15) is 4.79 Å². The fraction of sp³-hybridized carbons (Fsp3) is 0.250. The van der Waals surface area contributed by atoms with Crippen LogP contribution < -0.4 is 5.32 Å². The number of carbonyl (C=O) groups is 1. The van der Waals surface area contributed by atoms with E-state index in [-0.39, 0.29) is 12.4 Å². The molecule has 0 aliphatic carbocycles. The molecule has 4 heteroatoms. The Kier molecular flexibility index (Phi) is 4.67. The minimum atomic E-state index is -0.735. The van der Waals surface area contributed by atoms with Gasteiger partial charge in [0.25, 0.3) is 0 Å². The molecule has 0 bridgehead atoms. The van der Waals surface area contributed by atoms with Gasteiger partial charge in [-0.25, -0.2) is 0 Å². The summed E-state index contributed by atoms with van der Waals surface area (Å²) in [5.41, 5.74) is 1.88. The molecule has 1 heterocycles. The zero-order valence-corrected chi connectivity index (χ0v) is 13.7. The number of hydrogen-bond acceptors (Lipinski definition) is 4. The summed E-state index contributed by atoms with van der Waals surface area (Å²) in [6, 6.07) is 19.8. The lowest BCUT2D eigenvalue weighted by Crippen LogP contribution is -2.29. The van der Waals surface area contributed by atoms with Crippen LogP contribution in [-0.4, -0.2) is 24.0 Å². The molecule has 1 aliphatic heterocycles. The summed E-state index contributed by atoms with van der Waals surface area (Å²) < 4.78 is 6.33. The average molecular weight is 323 g/mol. The number of benzene rings is 2. The van der Waals surface area contributed by atoms with Crippen molar-refractivity contribution >= 4 is 5.78 Å². The molecule has 2 N–H and O–H groups in total. The van der Waals surface area contributed by atoms with E-state index >= 15 is 0 Å². The first-order chi connectivity index (χ1) is 11.7. The topological polar surface area (TPSA) is 58.6 Å². The number of ether oxygens (including phenoxy) is 1. The van der Waals surface area contributed by atoms with Gasteiger partial charge in [0.15, 0.2) is 17.3 Å². The smallest absolute Gasteiger partial charge is 0.195 e. The van der Waals surface area contributed by atoms with Gasteiger partial charge in [-0.2, -0.15) is 0 Å². The van der Waals surface area contributed by atoms with E-state index < -0.39 is 5.60 Å². The van der Waals surface area contributed by atoms with Crippen LogP contribution in [0.4, 0.5) is 0 Å². The summed E-state index contributed by atoms with van der Waals surface area (Å²) >= 11 is 0. The van der Waals surface area contributed by atoms with E-state index in [0.29, 0.717) is 24.4 Å². The maximum atomic E-state index is 12.1. The van der Waals surface area contributed by atoms with Crippen LogP contribution in [0.3, 0.4) is 0 Å². The van der Waals surface area contributed by atoms with Crippen LogP contribution in [0.1, 0.15) is 24.5 Å². The molecule has 0 unspecified atom stereocenters. The lowest BCUT2D eigenvalue weighted by atomic mass is 9.82. The molecule has 0 fully saturated rings. The average Bonchev–Trinajstić information content (AvgIpc) is 3.03. The van der Waals surface area contributed by atoms with Crippen molar-refractivity contribution in [1.29, 1.82) is 0 Å². The summed E-state index contributed by atoms with van der Waals surface area (Å²) in [7, 11) is 0. The minimum absolute atomic E-state index is 0.0239. The Labute approximate surface area is 141 Å². The lowest BCUT2D eigenvalue weighted by molar-refractivity contribution is -0.113. The van der Waals surface area contributed by atoms with Crippen LogP contribution >= 0.6 is 0 Å². The zero-order chi connectivity index (χ0) is 17.0. The molecule has 2 aromatic rings. The second kappa shape index (κ2) is 6.89. The van der Waals surface area contributed by atoms with E-state index in [1.54, 1.807) is 6.92 Å². The molecule has 1 aliphatic rings. The van der Waals surface area contributed by atoms with Crippen LogP contribution in [0.2, 0.25) is 0 Å². The van der Waals surface area contributed by atoms with Gasteiger partial charge in [-0.05, 0) is 6.92 Å². The van der Waals surface area contributed by atoms with Crippen molar-refractivity contribution in [2.45, 2.75) is 18.9 Å². The van der Waals surface area contributed by atoms with Crippen molar-refractivity contribution in [3.8, 4) is 0 Å². The van der Waals surface area contributed by atoms with E-state index in [1.807, 2.05) is 60.7 Å². The second-order valence-electron chi connectivity index (χ2n) is 5.85. The fourth-order valence-electron chi connectivity index (χ4n) is 3.10. The second-order valence-corrected chi connectivity index (χ2v) is 5.85. The molecule has 124 valence electrons. The highest BCUT2D eigenvalue weighted by molar-refractivity contribution is 5.94. The van der Waals surface area contributed by atoms with Gasteiger partial charge < -0.3 is 15.2 Å². The summed E-state index contributed by atoms with van der Waals surface area (Å²) in [6.07, 6.45) is 0.462. The molecule has 0 saturated carbocycles. The Balaban J connectivity index is 2.08. The van der Waals surface area contributed by atoms with Gasteiger partial charge in [-0.15, -0.1) is 0 Å². The zero-order valence-electron chi connectivity index (χ0n) is 13.7. The van der Waals surface area contributed by atoms with Gasteiger partial charge in [0.2, 0.25) is 0 Å². The third kappa shape index (κ3) is 2.93. The summed E-state index contributed by atoms with van der Waals surface area (Å²) in [5.74, 6) is 0.438. The number of rotatable bonds is 6. The predicted octanol–water partition coefficient (Wildman–Crippen LogP) is 2.73. The molecular weight excluding hydrogens is 302 g/mol. The predicted molar refractivity (Wildman–Crippen MR) is 92.2 cm³/mol. The van der Waals surface area contributed by atoms with E-state index in [2.05, 4.69) is 5.32 Å². The summed E-state index contributed by atoms with van der Waals surface area (Å²) in [5, 5.41) is 12.1. The largest absolute Gasteiger partial charge is 0.462 e. The fourth-order valence-corrected chi connectivity index (χ4v) is 3.10. The maximum Gasteiger partial charge on any atom is 0.195 e. The van der Waals surface area contributed by atoms with Crippen LogP contribution in [-0.2, 0) is 15.1 Å². The van der Waals surface area contributed by atoms with Crippen LogP contribution in [0, 0.1) is 0 Å². The van der Waals surface area contributed by atoms with Gasteiger partial charge in [0.05, 0.1) is 12.2 Å². The van der Waals surface area contributed by atoms with Crippen molar-refractivity contribution < 1.29 is 14.6 Å². The monoisotopic (exact) mass is 323 g/mol. The Hall–Kier alpha value is -2.59. The normalized spacial score (nSPS) is 15.9. The lowest BCUT2D eigenvalue weighted by Gasteiger charge is -2.31. The van der Waals surface area contributed by atoms with Crippen molar-refractivity contribution in [2.75, 3.05) is 13.2 Å². The maximum absolute atomic E-state index is 12.1. The van der Waals surface area contributed by atoms with Crippen LogP contribution in [0.15, 0.2) is 72.1 Å². The quantitative estimate of drug-likeness (QED) is 0.858. The van der Waals surface area contributed by atoms with E-state index in [0.717, 1.165) is 11.1 Å².